The van der Waals surface area contributed by atoms with Gasteiger partial charge in [-0.05, 0) is 0 Å². The molecule has 6 heteroatoms. The molecular formula is C9H2N6. The highest BCUT2D eigenvalue weighted by molar-refractivity contribution is 5.69. The molecule has 6 nitrogen and oxygen atoms in total. The Labute approximate surface area is 85.0 Å². The zero-order valence-electron chi connectivity index (χ0n) is 7.31. The summed E-state index contributed by atoms with van der Waals surface area (Å²) in [6, 6.07) is 6.62. The van der Waals surface area contributed by atoms with E-state index < -0.39 is 0 Å². The molecule has 0 atom stereocenters. The molecule has 0 fully saturated rings. The number of nitrogens with two attached hydrogens (primary N) is 1. The van der Waals surface area contributed by atoms with E-state index >= 15 is 0 Å². The third-order valence-corrected chi connectivity index (χ3v) is 1.67. The summed E-state index contributed by atoms with van der Waals surface area (Å²) in [6.07, 6.45) is 0. The van der Waals surface area contributed by atoms with Gasteiger partial charge in [0.2, 0.25) is 0 Å². The van der Waals surface area contributed by atoms with Crippen LogP contribution in [-0.2, 0) is 0 Å². The number of nitrogens with zero attached hydrogens (tertiary/aromatic N) is 5. The number of pyridine rings is 1. The van der Waals surface area contributed by atoms with Crippen molar-refractivity contribution in [2.24, 2.45) is 0 Å². The van der Waals surface area contributed by atoms with Crippen LogP contribution in [0.4, 0.5) is 5.69 Å². The first-order valence-corrected chi connectivity index (χ1v) is 3.63. The van der Waals surface area contributed by atoms with Crippen molar-refractivity contribution >= 4 is 5.69 Å². The van der Waals surface area contributed by atoms with E-state index in [0.717, 1.165) is 0 Å². The molecule has 0 spiro atoms. The maximum atomic E-state index is 8.74. The molecule has 2 N–H and O–H groups in total. The maximum absolute atomic E-state index is 8.74. The van der Waals surface area contributed by atoms with Crippen LogP contribution in [0.1, 0.15) is 22.5 Å². The molecule has 1 aromatic heterocycles. The lowest BCUT2D eigenvalue weighted by Gasteiger charge is -2.02. The van der Waals surface area contributed by atoms with E-state index in [4.69, 9.17) is 26.8 Å². The van der Waals surface area contributed by atoms with Gasteiger partial charge in [0.1, 0.15) is 29.8 Å². The molecule has 0 saturated carbocycles. The highest BCUT2D eigenvalue weighted by Gasteiger charge is 2.17. The zero-order valence-corrected chi connectivity index (χ0v) is 7.31. The van der Waals surface area contributed by atoms with Gasteiger partial charge in [-0.1, -0.05) is 0 Å². The number of aromatic nitrogens is 1. The highest BCUT2D eigenvalue weighted by Crippen LogP contribution is 2.20. The Kier molecular flexibility index (Phi) is 2.50. The fourth-order valence-corrected chi connectivity index (χ4v) is 0.991. The largest absolute Gasteiger partial charge is 0.395 e. The second kappa shape index (κ2) is 3.75. The second-order valence-electron chi connectivity index (χ2n) is 2.42. The maximum Gasteiger partial charge on any atom is 0.166 e. The molecule has 0 aromatic carbocycles. The van der Waals surface area contributed by atoms with Crippen molar-refractivity contribution in [2.45, 2.75) is 0 Å². The summed E-state index contributed by atoms with van der Waals surface area (Å²) in [5, 5.41) is 34.7. The predicted octanol–water partition coefficient (Wildman–Crippen LogP) is 0.151. The molecule has 68 valence electrons. The Morgan fingerprint density at radius 3 is 1.73 bits per heavy atom. The summed E-state index contributed by atoms with van der Waals surface area (Å²) >= 11 is 0. The van der Waals surface area contributed by atoms with Crippen LogP contribution in [0.3, 0.4) is 0 Å². The van der Waals surface area contributed by atoms with Crippen LogP contribution < -0.4 is 5.73 Å². The Balaban J connectivity index is 3.82. The van der Waals surface area contributed by atoms with Gasteiger partial charge >= 0.3 is 0 Å². The van der Waals surface area contributed by atoms with Gasteiger partial charge in [0, 0.05) is 0 Å². The molecule has 0 aliphatic heterocycles. The standard InChI is InChI=1S/C9H2N6/c10-1-5-6(2-11)9(14)8(4-13)15-7(5)3-12/h14H2. The number of rotatable bonds is 0. The first-order valence-electron chi connectivity index (χ1n) is 3.63. The summed E-state index contributed by atoms with van der Waals surface area (Å²) in [7, 11) is 0. The van der Waals surface area contributed by atoms with Crippen LogP contribution in [0.25, 0.3) is 0 Å². The van der Waals surface area contributed by atoms with Gasteiger partial charge in [0.15, 0.2) is 11.4 Å². The van der Waals surface area contributed by atoms with Gasteiger partial charge < -0.3 is 5.73 Å². The minimum atomic E-state index is -0.264. The topological polar surface area (TPSA) is 134 Å². The molecule has 1 heterocycles. The van der Waals surface area contributed by atoms with Crippen LogP contribution in [0.5, 0.6) is 0 Å². The molecule has 0 bridgehead atoms. The second-order valence-corrected chi connectivity index (χ2v) is 2.42. The number of anilines is 1. The molecule has 1 aromatic rings. The minimum absolute atomic E-state index is 0.171. The highest BCUT2D eigenvalue weighted by atomic mass is 14.8. The number of nitriles is 4. The Hall–Kier alpha value is -3.09. The first kappa shape index (κ1) is 9.99. The van der Waals surface area contributed by atoms with E-state index in [0.29, 0.717) is 0 Å². The van der Waals surface area contributed by atoms with Crippen molar-refractivity contribution in [3.05, 3.63) is 22.5 Å². The molecule has 0 aliphatic carbocycles. The van der Waals surface area contributed by atoms with Gasteiger partial charge in [0.25, 0.3) is 0 Å². The number of hydrogen-bond acceptors (Lipinski definition) is 6. The quantitative estimate of drug-likeness (QED) is 0.624. The first-order chi connectivity index (χ1) is 7.19. The average Bonchev–Trinajstić information content (AvgIpc) is 2.28. The van der Waals surface area contributed by atoms with E-state index in [1.807, 2.05) is 0 Å². The third kappa shape index (κ3) is 1.40. The van der Waals surface area contributed by atoms with Crippen molar-refractivity contribution in [1.82, 2.24) is 4.98 Å². The summed E-state index contributed by atoms with van der Waals surface area (Å²) < 4.78 is 0. The van der Waals surface area contributed by atoms with Crippen LogP contribution in [0, 0.1) is 45.3 Å². The van der Waals surface area contributed by atoms with Gasteiger partial charge in [-0.15, -0.1) is 0 Å². The molecule has 1 rings (SSSR count). The Morgan fingerprint density at radius 2 is 1.33 bits per heavy atom. The SMILES string of the molecule is N#Cc1nc(C#N)c(C#N)c(C#N)c1N. The van der Waals surface area contributed by atoms with Crippen LogP contribution in [-0.4, -0.2) is 4.98 Å². The fourth-order valence-electron chi connectivity index (χ4n) is 0.991. The lowest BCUT2D eigenvalue weighted by molar-refractivity contribution is 1.19. The van der Waals surface area contributed by atoms with Crippen molar-refractivity contribution < 1.29 is 0 Å². The summed E-state index contributed by atoms with van der Waals surface area (Å²) in [4.78, 5) is 3.57. The molecule has 0 unspecified atom stereocenters. The minimum Gasteiger partial charge on any atom is -0.395 e. The zero-order chi connectivity index (χ0) is 11.4. The van der Waals surface area contributed by atoms with Crippen molar-refractivity contribution in [3.8, 4) is 24.3 Å². The van der Waals surface area contributed by atoms with Gasteiger partial charge in [-0.25, -0.2) is 4.98 Å². The third-order valence-electron chi connectivity index (χ3n) is 1.67. The number of nitrogen functional groups attached to an aromatic ring is 1. The van der Waals surface area contributed by atoms with Crippen LogP contribution in [0.2, 0.25) is 0 Å². The van der Waals surface area contributed by atoms with Crippen molar-refractivity contribution in [3.63, 3.8) is 0 Å². The Morgan fingerprint density at radius 1 is 0.800 bits per heavy atom. The average molecular weight is 194 g/mol. The van der Waals surface area contributed by atoms with Gasteiger partial charge in [-0.3, -0.25) is 0 Å². The normalized spacial score (nSPS) is 8.00. The van der Waals surface area contributed by atoms with E-state index in [1.165, 1.54) is 0 Å². The van der Waals surface area contributed by atoms with E-state index in [9.17, 15) is 0 Å². The van der Waals surface area contributed by atoms with Crippen LogP contribution >= 0.6 is 0 Å². The summed E-state index contributed by atoms with van der Waals surface area (Å²) in [6.45, 7) is 0. The Bertz CT molecular complexity index is 587. The monoisotopic (exact) mass is 194 g/mol. The van der Waals surface area contributed by atoms with Crippen molar-refractivity contribution in [2.75, 3.05) is 5.73 Å². The molecule has 0 radical (unpaired) electrons. The number of hydrogen-bond donors (Lipinski definition) is 1. The summed E-state index contributed by atoms with van der Waals surface area (Å²) in [5.41, 5.74) is 4.40. The molecular weight excluding hydrogens is 192 g/mol. The van der Waals surface area contributed by atoms with Crippen molar-refractivity contribution in [1.29, 1.82) is 21.0 Å². The van der Waals surface area contributed by atoms with E-state index in [1.54, 1.807) is 24.3 Å². The van der Waals surface area contributed by atoms with Crippen LogP contribution in [0.15, 0.2) is 0 Å². The lowest BCUT2D eigenvalue weighted by Crippen LogP contribution is -2.04. The molecule has 0 saturated heterocycles. The molecule has 0 amide bonds. The smallest absolute Gasteiger partial charge is 0.166 e. The van der Waals surface area contributed by atoms with E-state index in [2.05, 4.69) is 4.98 Å². The lowest BCUT2D eigenvalue weighted by atomic mass is 10.1. The molecule has 15 heavy (non-hydrogen) atoms. The fraction of sp³-hybridized carbons (Fsp3) is 0. The van der Waals surface area contributed by atoms with Gasteiger partial charge in [0.05, 0.1) is 11.3 Å². The predicted molar refractivity (Wildman–Crippen MR) is 47.5 cm³/mol. The molecule has 0 aliphatic rings. The van der Waals surface area contributed by atoms with Gasteiger partial charge in [-0.2, -0.15) is 21.0 Å². The summed E-state index contributed by atoms with van der Waals surface area (Å²) in [5.74, 6) is 0. The van der Waals surface area contributed by atoms with E-state index in [-0.39, 0.29) is 28.2 Å².